The third kappa shape index (κ3) is 3.98. The monoisotopic (exact) mass is 457 g/mol. The molecule has 5 rings (SSSR count). The maximum atomic E-state index is 13.2. The molecule has 0 aliphatic carbocycles. The van der Waals surface area contributed by atoms with Crippen molar-refractivity contribution in [1.82, 2.24) is 9.47 Å². The number of benzene rings is 2. The summed E-state index contributed by atoms with van der Waals surface area (Å²) in [7, 11) is 0. The molecule has 2 aliphatic rings. The lowest BCUT2D eigenvalue weighted by molar-refractivity contribution is 0.0594. The lowest BCUT2D eigenvalue weighted by Gasteiger charge is -2.43. The van der Waals surface area contributed by atoms with Gasteiger partial charge in [0, 0.05) is 42.4 Å². The SMILES string of the molecule is O=C(O)c1cccc(C(=O)N2C[C@H]3C[C@H](C2)c2ccc(NC(=O)c4ccccc4)c(=O)n2C3)c1. The molecule has 0 spiro atoms. The minimum atomic E-state index is -1.08. The van der Waals surface area contributed by atoms with Gasteiger partial charge in [-0.25, -0.2) is 4.79 Å². The molecule has 0 unspecified atom stereocenters. The number of carbonyl (C=O) groups is 3. The van der Waals surface area contributed by atoms with Crippen LogP contribution in [0, 0.1) is 5.92 Å². The van der Waals surface area contributed by atoms with Gasteiger partial charge in [-0.05, 0) is 54.8 Å². The summed E-state index contributed by atoms with van der Waals surface area (Å²) < 4.78 is 1.71. The summed E-state index contributed by atoms with van der Waals surface area (Å²) in [6.45, 7) is 1.39. The zero-order valence-electron chi connectivity index (χ0n) is 18.3. The Morgan fingerprint density at radius 1 is 0.853 bits per heavy atom. The molecule has 2 N–H and O–H groups in total. The van der Waals surface area contributed by atoms with Gasteiger partial charge in [0.05, 0.1) is 5.56 Å². The van der Waals surface area contributed by atoms with Crippen molar-refractivity contribution in [3.8, 4) is 0 Å². The summed E-state index contributed by atoms with van der Waals surface area (Å²) in [6.07, 6.45) is 0.869. The van der Waals surface area contributed by atoms with Crippen molar-refractivity contribution in [3.05, 3.63) is 99.5 Å². The van der Waals surface area contributed by atoms with Gasteiger partial charge in [0.15, 0.2) is 0 Å². The number of fused-ring (bicyclic) bond motifs is 4. The van der Waals surface area contributed by atoms with Crippen LogP contribution >= 0.6 is 0 Å². The fourth-order valence-electron chi connectivity index (χ4n) is 4.96. The number of aromatic carboxylic acids is 1. The first-order chi connectivity index (χ1) is 16.4. The lowest BCUT2D eigenvalue weighted by Crippen LogP contribution is -2.49. The Labute approximate surface area is 195 Å². The van der Waals surface area contributed by atoms with E-state index < -0.39 is 5.97 Å². The summed E-state index contributed by atoms with van der Waals surface area (Å²) in [5, 5.41) is 11.9. The molecule has 0 radical (unpaired) electrons. The van der Waals surface area contributed by atoms with Gasteiger partial charge in [0.25, 0.3) is 17.4 Å². The number of piperidine rings is 1. The van der Waals surface area contributed by atoms with E-state index in [9.17, 15) is 24.3 Å². The standard InChI is InChI=1S/C26H23N3O5/c30-23(17-5-2-1-3-6-17)27-21-9-10-22-20-11-16(14-29(22)25(21)32)13-28(15-20)24(31)18-7-4-8-19(12-18)26(33)34/h1-10,12,16,20H,11,13-15H2,(H,27,30)(H,33,34)/t16-,20-/m1/s1. The van der Waals surface area contributed by atoms with E-state index in [1.807, 2.05) is 12.1 Å². The summed E-state index contributed by atoms with van der Waals surface area (Å²) >= 11 is 0. The summed E-state index contributed by atoms with van der Waals surface area (Å²) in [4.78, 5) is 51.8. The Morgan fingerprint density at radius 3 is 2.35 bits per heavy atom. The number of aromatic nitrogens is 1. The van der Waals surface area contributed by atoms with E-state index in [0.717, 1.165) is 12.1 Å². The van der Waals surface area contributed by atoms with Gasteiger partial charge in [-0.2, -0.15) is 0 Å². The molecule has 1 fully saturated rings. The largest absolute Gasteiger partial charge is 0.478 e. The molecular weight excluding hydrogens is 434 g/mol. The average Bonchev–Trinajstić information content (AvgIpc) is 2.86. The van der Waals surface area contributed by atoms with Crippen LogP contribution in [0.5, 0.6) is 0 Å². The second-order valence-electron chi connectivity index (χ2n) is 8.80. The van der Waals surface area contributed by atoms with E-state index in [1.165, 1.54) is 12.1 Å². The molecule has 3 heterocycles. The van der Waals surface area contributed by atoms with Gasteiger partial charge in [-0.1, -0.05) is 24.3 Å². The van der Waals surface area contributed by atoms with Crippen molar-refractivity contribution in [3.63, 3.8) is 0 Å². The van der Waals surface area contributed by atoms with Crippen molar-refractivity contribution in [2.24, 2.45) is 5.92 Å². The highest BCUT2D eigenvalue weighted by molar-refractivity contribution is 6.04. The summed E-state index contributed by atoms with van der Waals surface area (Å²) in [5.41, 5.74) is 1.72. The molecule has 2 amide bonds. The Balaban J connectivity index is 1.37. The van der Waals surface area contributed by atoms with Gasteiger partial charge >= 0.3 is 5.97 Å². The number of nitrogens with one attached hydrogen (secondary N) is 1. The molecule has 0 saturated carbocycles. The maximum absolute atomic E-state index is 13.2. The zero-order valence-corrected chi connectivity index (χ0v) is 18.3. The third-order valence-corrected chi connectivity index (χ3v) is 6.53. The first kappa shape index (κ1) is 21.6. The number of hydrogen-bond donors (Lipinski definition) is 2. The molecule has 1 saturated heterocycles. The normalized spacial score (nSPS) is 18.6. The van der Waals surface area contributed by atoms with Crippen molar-refractivity contribution >= 4 is 23.5 Å². The Hall–Kier alpha value is -4.20. The van der Waals surface area contributed by atoms with Crippen LogP contribution in [0.3, 0.4) is 0 Å². The maximum Gasteiger partial charge on any atom is 0.335 e. The minimum Gasteiger partial charge on any atom is -0.478 e. The van der Waals surface area contributed by atoms with Crippen LogP contribution in [0.1, 0.15) is 49.1 Å². The smallest absolute Gasteiger partial charge is 0.335 e. The van der Waals surface area contributed by atoms with Crippen molar-refractivity contribution in [2.45, 2.75) is 18.9 Å². The quantitative estimate of drug-likeness (QED) is 0.626. The van der Waals surface area contributed by atoms with Crippen LogP contribution in [-0.4, -0.2) is 45.4 Å². The predicted octanol–water partition coefficient (Wildman–Crippen LogP) is 3.06. The number of carboxylic acids is 1. The molecule has 1 aromatic heterocycles. The molecule has 8 nitrogen and oxygen atoms in total. The molecule has 34 heavy (non-hydrogen) atoms. The minimum absolute atomic E-state index is 0.00863. The van der Waals surface area contributed by atoms with E-state index in [1.54, 1.807) is 51.9 Å². The number of amides is 2. The van der Waals surface area contributed by atoms with Crippen LogP contribution in [0.2, 0.25) is 0 Å². The highest BCUT2D eigenvalue weighted by Crippen LogP contribution is 2.36. The van der Waals surface area contributed by atoms with E-state index >= 15 is 0 Å². The molecule has 2 aliphatic heterocycles. The number of rotatable bonds is 4. The Kier molecular flexibility index (Phi) is 5.49. The van der Waals surface area contributed by atoms with Crippen molar-refractivity contribution in [2.75, 3.05) is 18.4 Å². The van der Waals surface area contributed by atoms with Gasteiger partial charge in [-0.15, -0.1) is 0 Å². The molecule has 2 atom stereocenters. The number of likely N-dealkylation sites (tertiary alicyclic amines) is 1. The van der Waals surface area contributed by atoms with Crippen LogP contribution in [0.25, 0.3) is 0 Å². The number of carboxylic acid groups (broad SMARTS) is 1. The fraction of sp³-hybridized carbons (Fsp3) is 0.231. The number of carbonyl (C=O) groups excluding carboxylic acids is 2. The predicted molar refractivity (Wildman–Crippen MR) is 125 cm³/mol. The fourth-order valence-corrected chi connectivity index (χ4v) is 4.96. The second-order valence-corrected chi connectivity index (χ2v) is 8.80. The first-order valence-corrected chi connectivity index (χ1v) is 11.1. The van der Waals surface area contributed by atoms with Crippen LogP contribution in [0.15, 0.2) is 71.5 Å². The topological polar surface area (TPSA) is 109 Å². The van der Waals surface area contributed by atoms with Crippen LogP contribution < -0.4 is 10.9 Å². The lowest BCUT2D eigenvalue weighted by atomic mass is 9.83. The van der Waals surface area contributed by atoms with E-state index in [0.29, 0.717) is 30.8 Å². The van der Waals surface area contributed by atoms with Crippen molar-refractivity contribution < 1.29 is 19.5 Å². The van der Waals surface area contributed by atoms with Crippen LogP contribution in [0.4, 0.5) is 5.69 Å². The molecule has 3 aromatic rings. The highest BCUT2D eigenvalue weighted by atomic mass is 16.4. The Bertz CT molecular complexity index is 1350. The van der Waals surface area contributed by atoms with Crippen LogP contribution in [-0.2, 0) is 6.54 Å². The first-order valence-electron chi connectivity index (χ1n) is 11.1. The average molecular weight is 457 g/mol. The number of pyridine rings is 1. The molecule has 8 heteroatoms. The van der Waals surface area contributed by atoms with Gasteiger partial charge < -0.3 is 19.9 Å². The zero-order chi connectivity index (χ0) is 23.8. The molecule has 2 aromatic carbocycles. The summed E-state index contributed by atoms with van der Waals surface area (Å²) in [5.74, 6) is -1.54. The second kappa shape index (κ2) is 8.62. The highest BCUT2D eigenvalue weighted by Gasteiger charge is 2.37. The number of anilines is 1. The van der Waals surface area contributed by atoms with E-state index in [2.05, 4.69) is 5.32 Å². The third-order valence-electron chi connectivity index (χ3n) is 6.53. The molecule has 172 valence electrons. The van der Waals surface area contributed by atoms with Gasteiger partial charge in [0.2, 0.25) is 0 Å². The van der Waals surface area contributed by atoms with Crippen molar-refractivity contribution in [1.29, 1.82) is 0 Å². The Morgan fingerprint density at radius 2 is 1.59 bits per heavy atom. The molecular formula is C26H23N3O5. The van der Waals surface area contributed by atoms with Gasteiger partial charge in [-0.3, -0.25) is 14.4 Å². The molecule has 2 bridgehead atoms. The summed E-state index contributed by atoms with van der Waals surface area (Å²) in [6, 6.07) is 18.3. The number of hydrogen-bond acceptors (Lipinski definition) is 4. The van der Waals surface area contributed by atoms with Gasteiger partial charge in [0.1, 0.15) is 5.69 Å². The van der Waals surface area contributed by atoms with E-state index in [-0.39, 0.29) is 40.5 Å². The van der Waals surface area contributed by atoms with E-state index in [4.69, 9.17) is 0 Å². The number of nitrogens with zero attached hydrogens (tertiary/aromatic N) is 2.